The Bertz CT molecular complexity index is 234. The lowest BCUT2D eigenvalue weighted by atomic mass is 10.2. The van der Waals surface area contributed by atoms with Crippen molar-refractivity contribution in [2.24, 2.45) is 5.73 Å². The lowest BCUT2D eigenvalue weighted by Gasteiger charge is -2.21. The fraction of sp³-hybridized carbons (Fsp3) is 1.00. The predicted molar refractivity (Wildman–Crippen MR) is 71.1 cm³/mol. The molecule has 1 saturated heterocycles. The summed E-state index contributed by atoms with van der Waals surface area (Å²) in [7, 11) is 0. The molecule has 1 heterocycles. The van der Waals surface area contributed by atoms with Gasteiger partial charge < -0.3 is 15.5 Å². The zero-order chi connectivity index (χ0) is 14.1. The van der Waals surface area contributed by atoms with Crippen LogP contribution >= 0.6 is 0 Å². The van der Waals surface area contributed by atoms with Crippen molar-refractivity contribution >= 4 is 0 Å². The summed E-state index contributed by atoms with van der Waals surface area (Å²) in [5, 5.41) is 0. The van der Waals surface area contributed by atoms with E-state index in [9.17, 15) is 13.2 Å². The largest absolute Gasteiger partial charge is 0.389 e. The first-order valence-corrected chi connectivity index (χ1v) is 7.23. The Morgan fingerprint density at radius 3 is 1.95 bits per heavy atom. The summed E-state index contributed by atoms with van der Waals surface area (Å²) in [6, 6.07) is 0. The summed E-state index contributed by atoms with van der Waals surface area (Å²) in [6.45, 7) is 6.20. The monoisotopic (exact) mass is 281 g/mol. The number of hydrogen-bond donors (Lipinski definition) is 1. The van der Waals surface area contributed by atoms with Crippen molar-refractivity contribution < 1.29 is 13.2 Å². The van der Waals surface area contributed by atoms with Crippen LogP contribution in [0.1, 0.15) is 32.1 Å². The highest BCUT2D eigenvalue weighted by Crippen LogP contribution is 2.21. The Kier molecular flexibility index (Phi) is 7.71. The molecular weight excluding hydrogens is 255 g/mol. The van der Waals surface area contributed by atoms with Gasteiger partial charge in [0.2, 0.25) is 0 Å². The summed E-state index contributed by atoms with van der Waals surface area (Å²) in [4.78, 5) is 4.56. The van der Waals surface area contributed by atoms with E-state index in [0.29, 0.717) is 6.54 Å². The SMILES string of the molecule is NCCCCN1CCCN(CCCC(F)(F)F)CC1. The molecule has 0 aromatic carbocycles. The van der Waals surface area contributed by atoms with Crippen molar-refractivity contribution in [3.63, 3.8) is 0 Å². The number of nitrogens with zero attached hydrogens (tertiary/aromatic N) is 2. The lowest BCUT2D eigenvalue weighted by Crippen LogP contribution is -2.32. The average Bonchev–Trinajstić information content (AvgIpc) is 2.54. The molecule has 1 rings (SSSR count). The van der Waals surface area contributed by atoms with Gasteiger partial charge in [-0.15, -0.1) is 0 Å². The lowest BCUT2D eigenvalue weighted by molar-refractivity contribution is -0.136. The van der Waals surface area contributed by atoms with E-state index in [-0.39, 0.29) is 6.42 Å². The summed E-state index contributed by atoms with van der Waals surface area (Å²) < 4.78 is 36.3. The molecule has 0 spiro atoms. The van der Waals surface area contributed by atoms with Gasteiger partial charge in [-0.2, -0.15) is 13.2 Å². The minimum atomic E-state index is -4.01. The van der Waals surface area contributed by atoms with Crippen molar-refractivity contribution in [3.8, 4) is 0 Å². The van der Waals surface area contributed by atoms with Crippen molar-refractivity contribution in [1.82, 2.24) is 9.80 Å². The van der Waals surface area contributed by atoms with E-state index in [4.69, 9.17) is 5.73 Å². The number of rotatable bonds is 7. The fourth-order valence-electron chi connectivity index (χ4n) is 2.45. The Morgan fingerprint density at radius 1 is 0.842 bits per heavy atom. The molecule has 0 aromatic heterocycles. The first-order valence-electron chi connectivity index (χ1n) is 7.23. The third-order valence-corrected chi connectivity index (χ3v) is 3.54. The van der Waals surface area contributed by atoms with Gasteiger partial charge in [0.1, 0.15) is 0 Å². The maximum absolute atomic E-state index is 12.1. The van der Waals surface area contributed by atoms with Crippen LogP contribution in [-0.4, -0.2) is 61.8 Å². The smallest absolute Gasteiger partial charge is 0.330 e. The standard InChI is InChI=1S/C13H26F3N3/c14-13(15,16)5-3-8-19-10-4-9-18(11-12-19)7-2-1-6-17/h1-12,17H2. The molecule has 0 unspecified atom stereocenters. The van der Waals surface area contributed by atoms with Crippen LogP contribution in [0, 0.1) is 0 Å². The van der Waals surface area contributed by atoms with Gasteiger partial charge in [-0.25, -0.2) is 0 Å². The second-order valence-electron chi connectivity index (χ2n) is 5.25. The van der Waals surface area contributed by atoms with Crippen LogP contribution < -0.4 is 5.73 Å². The van der Waals surface area contributed by atoms with E-state index in [2.05, 4.69) is 9.80 Å². The van der Waals surface area contributed by atoms with Crippen LogP contribution in [0.2, 0.25) is 0 Å². The van der Waals surface area contributed by atoms with Gasteiger partial charge in [-0.05, 0) is 58.4 Å². The predicted octanol–water partition coefficient (Wildman–Crippen LogP) is 2.08. The van der Waals surface area contributed by atoms with Crippen molar-refractivity contribution in [3.05, 3.63) is 0 Å². The zero-order valence-electron chi connectivity index (χ0n) is 11.6. The van der Waals surface area contributed by atoms with Crippen LogP contribution in [0.5, 0.6) is 0 Å². The molecule has 0 aliphatic carbocycles. The third kappa shape index (κ3) is 8.44. The Morgan fingerprint density at radius 2 is 1.42 bits per heavy atom. The first kappa shape index (κ1) is 16.7. The van der Waals surface area contributed by atoms with Crippen LogP contribution in [0.4, 0.5) is 13.2 Å². The maximum Gasteiger partial charge on any atom is 0.389 e. The molecule has 0 bridgehead atoms. The van der Waals surface area contributed by atoms with Gasteiger partial charge in [0, 0.05) is 19.5 Å². The number of nitrogens with two attached hydrogens (primary N) is 1. The van der Waals surface area contributed by atoms with Crippen LogP contribution in [0.3, 0.4) is 0 Å². The van der Waals surface area contributed by atoms with Crippen LogP contribution in [0.25, 0.3) is 0 Å². The second kappa shape index (κ2) is 8.76. The van der Waals surface area contributed by atoms with Gasteiger partial charge in [-0.3, -0.25) is 0 Å². The summed E-state index contributed by atoms with van der Waals surface area (Å²) in [5.41, 5.74) is 5.47. The Balaban J connectivity index is 2.15. The van der Waals surface area contributed by atoms with E-state index >= 15 is 0 Å². The van der Waals surface area contributed by atoms with Gasteiger partial charge in [0.25, 0.3) is 0 Å². The van der Waals surface area contributed by atoms with E-state index in [1.165, 1.54) is 0 Å². The highest BCUT2D eigenvalue weighted by Gasteiger charge is 2.26. The fourth-order valence-corrected chi connectivity index (χ4v) is 2.45. The molecule has 0 radical (unpaired) electrons. The molecule has 2 N–H and O–H groups in total. The topological polar surface area (TPSA) is 32.5 Å². The Hall–Kier alpha value is -0.330. The minimum absolute atomic E-state index is 0.219. The third-order valence-electron chi connectivity index (χ3n) is 3.54. The van der Waals surface area contributed by atoms with E-state index in [1.807, 2.05) is 0 Å². The van der Waals surface area contributed by atoms with Crippen molar-refractivity contribution in [2.75, 3.05) is 45.8 Å². The molecular formula is C13H26F3N3. The van der Waals surface area contributed by atoms with E-state index < -0.39 is 12.6 Å². The minimum Gasteiger partial charge on any atom is -0.330 e. The number of halogens is 3. The molecule has 19 heavy (non-hydrogen) atoms. The normalized spacial score (nSPS) is 19.6. The van der Waals surface area contributed by atoms with Crippen molar-refractivity contribution in [2.45, 2.75) is 38.3 Å². The second-order valence-corrected chi connectivity index (χ2v) is 5.25. The molecule has 3 nitrogen and oxygen atoms in total. The zero-order valence-corrected chi connectivity index (χ0v) is 11.6. The highest BCUT2D eigenvalue weighted by atomic mass is 19.4. The van der Waals surface area contributed by atoms with Crippen LogP contribution in [-0.2, 0) is 0 Å². The molecule has 0 atom stereocenters. The van der Waals surface area contributed by atoms with Gasteiger partial charge in [-0.1, -0.05) is 0 Å². The number of alkyl halides is 3. The molecule has 114 valence electrons. The average molecular weight is 281 g/mol. The first-order chi connectivity index (χ1) is 9.01. The maximum atomic E-state index is 12.1. The number of hydrogen-bond acceptors (Lipinski definition) is 3. The van der Waals surface area contributed by atoms with Gasteiger partial charge >= 0.3 is 6.18 Å². The van der Waals surface area contributed by atoms with E-state index in [1.54, 1.807) is 0 Å². The molecule has 0 saturated carbocycles. The molecule has 0 amide bonds. The molecule has 1 aliphatic rings. The van der Waals surface area contributed by atoms with E-state index in [0.717, 1.165) is 58.5 Å². The summed E-state index contributed by atoms with van der Waals surface area (Å²) in [6.07, 6.45) is -1.24. The Labute approximate surface area is 113 Å². The molecule has 1 fully saturated rings. The molecule has 1 aliphatic heterocycles. The highest BCUT2D eigenvalue weighted by molar-refractivity contribution is 4.70. The molecule has 6 heteroatoms. The quantitative estimate of drug-likeness (QED) is 0.725. The number of unbranched alkanes of at least 4 members (excludes halogenated alkanes) is 1. The summed E-state index contributed by atoms with van der Waals surface area (Å²) in [5.74, 6) is 0. The van der Waals surface area contributed by atoms with Gasteiger partial charge in [0.05, 0.1) is 0 Å². The van der Waals surface area contributed by atoms with Gasteiger partial charge in [0.15, 0.2) is 0 Å². The molecule has 0 aromatic rings. The van der Waals surface area contributed by atoms with Crippen molar-refractivity contribution in [1.29, 1.82) is 0 Å². The van der Waals surface area contributed by atoms with Crippen LogP contribution in [0.15, 0.2) is 0 Å². The summed E-state index contributed by atoms with van der Waals surface area (Å²) >= 11 is 0.